The Bertz CT molecular complexity index is 581. The molecule has 0 aliphatic rings. The number of hydrogen-bond donors (Lipinski definition) is 1. The third kappa shape index (κ3) is 2.29. The second-order valence-electron chi connectivity index (χ2n) is 3.41. The van der Waals surface area contributed by atoms with E-state index in [2.05, 4.69) is 12.6 Å². The maximum Gasteiger partial charge on any atom is 0.139 e. The number of thiol groups is 1. The maximum absolute atomic E-state index is 13.5. The van der Waals surface area contributed by atoms with Crippen molar-refractivity contribution in [1.82, 2.24) is 0 Å². The zero-order chi connectivity index (χ0) is 12.6. The van der Waals surface area contributed by atoms with E-state index in [9.17, 15) is 17.6 Å². The first-order chi connectivity index (χ1) is 7.99. The molecule has 0 bridgehead atoms. The molecule has 0 fully saturated rings. The Morgan fingerprint density at radius 3 is 2.00 bits per heavy atom. The van der Waals surface area contributed by atoms with Crippen molar-refractivity contribution in [3.63, 3.8) is 0 Å². The van der Waals surface area contributed by atoms with Crippen LogP contribution >= 0.6 is 12.6 Å². The monoisotopic (exact) mass is 258 g/mol. The van der Waals surface area contributed by atoms with Gasteiger partial charge in [0, 0.05) is 28.2 Å². The van der Waals surface area contributed by atoms with E-state index in [1.807, 2.05) is 0 Å². The Kier molecular flexibility index (Phi) is 3.11. The first-order valence-corrected chi connectivity index (χ1v) is 5.07. The molecule has 0 spiro atoms. The number of rotatable bonds is 1. The van der Waals surface area contributed by atoms with Crippen molar-refractivity contribution in [3.05, 3.63) is 53.6 Å². The highest BCUT2D eigenvalue weighted by molar-refractivity contribution is 7.80. The van der Waals surface area contributed by atoms with Crippen LogP contribution in [0.4, 0.5) is 17.6 Å². The van der Waals surface area contributed by atoms with Crippen molar-refractivity contribution < 1.29 is 17.6 Å². The molecule has 2 rings (SSSR count). The van der Waals surface area contributed by atoms with Crippen LogP contribution in [0.2, 0.25) is 0 Å². The third-order valence-electron chi connectivity index (χ3n) is 2.26. The minimum Gasteiger partial charge on any atom is -0.207 e. The molecule has 5 heteroatoms. The van der Waals surface area contributed by atoms with E-state index in [-0.39, 0.29) is 16.0 Å². The Morgan fingerprint density at radius 2 is 1.35 bits per heavy atom. The van der Waals surface area contributed by atoms with Gasteiger partial charge in [-0.25, -0.2) is 17.6 Å². The summed E-state index contributed by atoms with van der Waals surface area (Å²) < 4.78 is 52.6. The lowest BCUT2D eigenvalue weighted by molar-refractivity contribution is 0.564. The van der Waals surface area contributed by atoms with E-state index in [1.165, 1.54) is 0 Å². The van der Waals surface area contributed by atoms with E-state index in [4.69, 9.17) is 0 Å². The number of halogens is 4. The first kappa shape index (κ1) is 12.0. The van der Waals surface area contributed by atoms with Crippen LogP contribution in [0.25, 0.3) is 11.1 Å². The summed E-state index contributed by atoms with van der Waals surface area (Å²) in [6, 6.07) is 4.40. The van der Waals surface area contributed by atoms with E-state index in [1.54, 1.807) is 0 Å². The lowest BCUT2D eigenvalue weighted by Crippen LogP contribution is -1.92. The molecule has 17 heavy (non-hydrogen) atoms. The van der Waals surface area contributed by atoms with Crippen LogP contribution in [0.5, 0.6) is 0 Å². The minimum absolute atomic E-state index is 0.106. The van der Waals surface area contributed by atoms with Crippen LogP contribution in [-0.2, 0) is 0 Å². The van der Waals surface area contributed by atoms with Gasteiger partial charge >= 0.3 is 0 Å². The fraction of sp³-hybridized carbons (Fsp3) is 0. The van der Waals surface area contributed by atoms with E-state index >= 15 is 0 Å². The average molecular weight is 258 g/mol. The molecule has 2 aromatic carbocycles. The largest absolute Gasteiger partial charge is 0.207 e. The Labute approximate surface area is 100 Å². The highest BCUT2D eigenvalue weighted by Crippen LogP contribution is 2.29. The fourth-order valence-electron chi connectivity index (χ4n) is 1.45. The molecule has 0 aromatic heterocycles. The molecule has 0 N–H and O–H groups in total. The summed E-state index contributed by atoms with van der Waals surface area (Å²) in [7, 11) is 0. The van der Waals surface area contributed by atoms with Gasteiger partial charge in [0.25, 0.3) is 0 Å². The lowest BCUT2D eigenvalue weighted by Gasteiger charge is -2.06. The standard InChI is InChI=1S/C12H6F4S/c13-6-1-2-7(9(14)3-6)8-4-12(17)11(16)5-10(8)15/h1-5,17H. The summed E-state index contributed by atoms with van der Waals surface area (Å²) >= 11 is 3.78. The summed E-state index contributed by atoms with van der Waals surface area (Å²) in [6.45, 7) is 0. The van der Waals surface area contributed by atoms with E-state index in [0.717, 1.165) is 18.2 Å². The molecule has 2 aromatic rings. The van der Waals surface area contributed by atoms with Crippen LogP contribution in [0.15, 0.2) is 35.2 Å². The molecule has 0 unspecified atom stereocenters. The molecule has 0 nitrogen and oxygen atoms in total. The second kappa shape index (κ2) is 4.41. The van der Waals surface area contributed by atoms with Gasteiger partial charge in [-0.05, 0) is 18.2 Å². The van der Waals surface area contributed by atoms with Gasteiger partial charge in [-0.15, -0.1) is 12.6 Å². The van der Waals surface area contributed by atoms with Crippen LogP contribution in [0, 0.1) is 23.3 Å². The number of hydrogen-bond acceptors (Lipinski definition) is 1. The lowest BCUT2D eigenvalue weighted by atomic mass is 10.0. The summed E-state index contributed by atoms with van der Waals surface area (Å²) in [5.74, 6) is -3.44. The van der Waals surface area contributed by atoms with Crippen LogP contribution in [0.3, 0.4) is 0 Å². The zero-order valence-corrected chi connectivity index (χ0v) is 9.24. The van der Waals surface area contributed by atoms with Gasteiger partial charge in [0.05, 0.1) is 0 Å². The normalized spacial score (nSPS) is 10.6. The molecule has 0 saturated carbocycles. The fourth-order valence-corrected chi connectivity index (χ4v) is 1.65. The maximum atomic E-state index is 13.5. The predicted molar refractivity (Wildman–Crippen MR) is 59.0 cm³/mol. The highest BCUT2D eigenvalue weighted by atomic mass is 32.1. The second-order valence-corrected chi connectivity index (χ2v) is 3.89. The van der Waals surface area contributed by atoms with Crippen molar-refractivity contribution in [3.8, 4) is 11.1 Å². The Morgan fingerprint density at radius 1 is 0.706 bits per heavy atom. The molecule has 88 valence electrons. The Hall–Kier alpha value is -1.49. The first-order valence-electron chi connectivity index (χ1n) is 4.62. The quantitative estimate of drug-likeness (QED) is 0.575. The van der Waals surface area contributed by atoms with Gasteiger partial charge in [0.2, 0.25) is 0 Å². The van der Waals surface area contributed by atoms with Crippen LogP contribution < -0.4 is 0 Å². The molecule has 0 aliphatic heterocycles. The molecule has 0 heterocycles. The minimum atomic E-state index is -0.925. The molecule has 0 aliphatic carbocycles. The van der Waals surface area contributed by atoms with Crippen molar-refractivity contribution in [2.45, 2.75) is 4.90 Å². The summed E-state index contributed by atoms with van der Waals surface area (Å²) in [5, 5.41) is 0. The van der Waals surface area contributed by atoms with Gasteiger partial charge in [-0.2, -0.15) is 0 Å². The molecule has 0 radical (unpaired) electrons. The third-order valence-corrected chi connectivity index (χ3v) is 2.60. The van der Waals surface area contributed by atoms with Gasteiger partial charge in [0.15, 0.2) is 0 Å². The van der Waals surface area contributed by atoms with Crippen molar-refractivity contribution >= 4 is 12.6 Å². The summed E-state index contributed by atoms with van der Waals surface area (Å²) in [5.41, 5.74) is -0.298. The van der Waals surface area contributed by atoms with Crippen molar-refractivity contribution in [2.75, 3.05) is 0 Å². The highest BCUT2D eigenvalue weighted by Gasteiger charge is 2.13. The molecule has 0 saturated heterocycles. The smallest absolute Gasteiger partial charge is 0.139 e. The van der Waals surface area contributed by atoms with Crippen molar-refractivity contribution in [1.29, 1.82) is 0 Å². The topological polar surface area (TPSA) is 0 Å². The van der Waals surface area contributed by atoms with Gasteiger partial charge < -0.3 is 0 Å². The molecule has 0 atom stereocenters. The van der Waals surface area contributed by atoms with E-state index in [0.29, 0.717) is 12.1 Å². The van der Waals surface area contributed by atoms with Crippen molar-refractivity contribution in [2.24, 2.45) is 0 Å². The van der Waals surface area contributed by atoms with Gasteiger partial charge in [-0.1, -0.05) is 0 Å². The SMILES string of the molecule is Fc1ccc(-c2cc(S)c(F)cc2F)c(F)c1. The Balaban J connectivity index is 2.64. The van der Waals surface area contributed by atoms with Crippen LogP contribution in [0.1, 0.15) is 0 Å². The van der Waals surface area contributed by atoms with E-state index < -0.39 is 23.3 Å². The number of benzene rings is 2. The zero-order valence-electron chi connectivity index (χ0n) is 8.35. The predicted octanol–water partition coefficient (Wildman–Crippen LogP) is 4.20. The average Bonchev–Trinajstić information content (AvgIpc) is 2.24. The summed E-state index contributed by atoms with van der Waals surface area (Å²) in [4.78, 5) is -0.106. The van der Waals surface area contributed by atoms with Gasteiger partial charge in [0.1, 0.15) is 23.3 Å². The summed E-state index contributed by atoms with van der Waals surface area (Å²) in [6.07, 6.45) is 0. The van der Waals surface area contributed by atoms with Gasteiger partial charge in [-0.3, -0.25) is 0 Å². The molecular formula is C12H6F4S. The van der Waals surface area contributed by atoms with Crippen LogP contribution in [-0.4, -0.2) is 0 Å². The molecule has 0 amide bonds. The molecular weight excluding hydrogens is 252 g/mol.